The zero-order chi connectivity index (χ0) is 15.5. The molecular weight excluding hydrogens is 262 g/mol. The lowest BCUT2D eigenvalue weighted by molar-refractivity contribution is -0.137. The van der Waals surface area contributed by atoms with E-state index in [0.717, 1.165) is 19.3 Å². The Bertz CT molecular complexity index is 334. The highest BCUT2D eigenvalue weighted by atomic mass is 16.4. The Kier molecular flexibility index (Phi) is 9.15. The van der Waals surface area contributed by atoms with E-state index < -0.39 is 23.9 Å². The van der Waals surface area contributed by atoms with Crippen LogP contribution in [-0.4, -0.2) is 47.0 Å². The summed E-state index contributed by atoms with van der Waals surface area (Å²) >= 11 is 0. The number of aliphatic carboxylic acids is 1. The number of rotatable bonds is 10. The zero-order valence-electron chi connectivity index (χ0n) is 12.2. The van der Waals surface area contributed by atoms with Crippen LogP contribution >= 0.6 is 0 Å². The van der Waals surface area contributed by atoms with Gasteiger partial charge >= 0.3 is 12.0 Å². The first kappa shape index (κ1) is 18.2. The number of urea groups is 1. The predicted molar refractivity (Wildman–Crippen MR) is 75.2 cm³/mol. The zero-order valence-corrected chi connectivity index (χ0v) is 12.2. The van der Waals surface area contributed by atoms with Gasteiger partial charge in [-0.05, 0) is 12.8 Å². The molecule has 1 unspecified atom stereocenters. The molecule has 0 aliphatic rings. The minimum absolute atomic E-state index is 0.127. The first-order chi connectivity index (χ1) is 9.40. The SMILES string of the molecule is CCCCN(CC(N)=O)C(=O)NC(CCC)CC(=O)O. The largest absolute Gasteiger partial charge is 0.481 e. The van der Waals surface area contributed by atoms with Crippen LogP contribution in [0.1, 0.15) is 46.0 Å². The molecule has 0 saturated heterocycles. The van der Waals surface area contributed by atoms with Crippen molar-refractivity contribution in [2.45, 2.75) is 52.0 Å². The lowest BCUT2D eigenvalue weighted by Gasteiger charge is -2.25. The van der Waals surface area contributed by atoms with Gasteiger partial charge in [-0.2, -0.15) is 0 Å². The van der Waals surface area contributed by atoms with Gasteiger partial charge in [-0.3, -0.25) is 9.59 Å². The normalized spacial score (nSPS) is 11.7. The van der Waals surface area contributed by atoms with Crippen LogP contribution in [0.25, 0.3) is 0 Å². The Morgan fingerprint density at radius 1 is 1.25 bits per heavy atom. The third-order valence-corrected chi connectivity index (χ3v) is 2.80. The Balaban J connectivity index is 4.58. The molecule has 0 saturated carbocycles. The second kappa shape index (κ2) is 10.1. The van der Waals surface area contributed by atoms with Crippen molar-refractivity contribution in [2.24, 2.45) is 5.73 Å². The van der Waals surface area contributed by atoms with E-state index in [9.17, 15) is 14.4 Å². The number of hydrogen-bond donors (Lipinski definition) is 3. The number of carboxylic acid groups (broad SMARTS) is 1. The molecular formula is C13H25N3O4. The number of unbranched alkanes of at least 4 members (excludes halogenated alkanes) is 1. The van der Waals surface area contributed by atoms with Gasteiger partial charge in [0.2, 0.25) is 5.91 Å². The molecule has 0 rings (SSSR count). The van der Waals surface area contributed by atoms with Crippen molar-refractivity contribution in [3.63, 3.8) is 0 Å². The fraction of sp³-hybridized carbons (Fsp3) is 0.769. The molecule has 0 radical (unpaired) electrons. The number of nitrogens with one attached hydrogen (secondary N) is 1. The van der Waals surface area contributed by atoms with Crippen LogP contribution in [0.2, 0.25) is 0 Å². The molecule has 116 valence electrons. The monoisotopic (exact) mass is 287 g/mol. The maximum absolute atomic E-state index is 12.1. The molecule has 0 heterocycles. The number of amides is 3. The second-order valence-corrected chi connectivity index (χ2v) is 4.77. The van der Waals surface area contributed by atoms with E-state index in [1.165, 1.54) is 4.90 Å². The molecule has 0 spiro atoms. The first-order valence-corrected chi connectivity index (χ1v) is 6.96. The maximum Gasteiger partial charge on any atom is 0.318 e. The summed E-state index contributed by atoms with van der Waals surface area (Å²) in [7, 11) is 0. The van der Waals surface area contributed by atoms with Gasteiger partial charge in [-0.1, -0.05) is 26.7 Å². The van der Waals surface area contributed by atoms with Crippen molar-refractivity contribution < 1.29 is 19.5 Å². The van der Waals surface area contributed by atoms with Crippen LogP contribution in [-0.2, 0) is 9.59 Å². The summed E-state index contributed by atoms with van der Waals surface area (Å²) in [6.45, 7) is 4.17. The average Bonchev–Trinajstić information content (AvgIpc) is 2.33. The molecule has 7 nitrogen and oxygen atoms in total. The number of carboxylic acids is 1. The topological polar surface area (TPSA) is 113 Å². The highest BCUT2D eigenvalue weighted by Crippen LogP contribution is 2.04. The van der Waals surface area contributed by atoms with Crippen LogP contribution in [0.3, 0.4) is 0 Å². The Hall–Kier alpha value is -1.79. The number of nitrogens with zero attached hydrogens (tertiary/aromatic N) is 1. The molecule has 0 aromatic carbocycles. The quantitative estimate of drug-likeness (QED) is 0.554. The van der Waals surface area contributed by atoms with E-state index in [1.54, 1.807) is 0 Å². The van der Waals surface area contributed by atoms with E-state index in [2.05, 4.69) is 5.32 Å². The van der Waals surface area contributed by atoms with Crippen molar-refractivity contribution in [3.8, 4) is 0 Å². The van der Waals surface area contributed by atoms with Crippen LogP contribution in [0, 0.1) is 0 Å². The molecule has 4 N–H and O–H groups in total. The fourth-order valence-electron chi connectivity index (χ4n) is 1.84. The lowest BCUT2D eigenvalue weighted by atomic mass is 10.1. The van der Waals surface area contributed by atoms with Crippen molar-refractivity contribution in [2.75, 3.05) is 13.1 Å². The summed E-state index contributed by atoms with van der Waals surface area (Å²) < 4.78 is 0. The van der Waals surface area contributed by atoms with Gasteiger partial charge in [0.25, 0.3) is 0 Å². The number of primary amides is 1. The molecule has 7 heteroatoms. The summed E-state index contributed by atoms with van der Waals surface area (Å²) in [5.41, 5.74) is 5.12. The van der Waals surface area contributed by atoms with Gasteiger partial charge in [0.15, 0.2) is 0 Å². The van der Waals surface area contributed by atoms with Crippen LogP contribution in [0.15, 0.2) is 0 Å². The smallest absolute Gasteiger partial charge is 0.318 e. The Morgan fingerprint density at radius 3 is 2.35 bits per heavy atom. The van der Waals surface area contributed by atoms with Gasteiger partial charge in [-0.25, -0.2) is 4.79 Å². The average molecular weight is 287 g/mol. The summed E-state index contributed by atoms with van der Waals surface area (Å²) in [4.78, 5) is 35.1. The molecule has 20 heavy (non-hydrogen) atoms. The first-order valence-electron chi connectivity index (χ1n) is 6.96. The van der Waals surface area contributed by atoms with Crippen molar-refractivity contribution in [1.82, 2.24) is 10.2 Å². The number of carbonyl (C=O) groups is 3. The minimum Gasteiger partial charge on any atom is -0.481 e. The Morgan fingerprint density at radius 2 is 1.90 bits per heavy atom. The van der Waals surface area contributed by atoms with Gasteiger partial charge in [0.1, 0.15) is 6.54 Å². The minimum atomic E-state index is -0.959. The summed E-state index contributed by atoms with van der Waals surface area (Å²) in [6, 6.07) is -0.862. The third-order valence-electron chi connectivity index (χ3n) is 2.80. The number of nitrogens with two attached hydrogens (primary N) is 1. The summed E-state index contributed by atoms with van der Waals surface area (Å²) in [5, 5.41) is 11.5. The van der Waals surface area contributed by atoms with Crippen molar-refractivity contribution in [1.29, 1.82) is 0 Å². The van der Waals surface area contributed by atoms with Gasteiger partial charge in [0, 0.05) is 12.6 Å². The van der Waals surface area contributed by atoms with Gasteiger partial charge in [0.05, 0.1) is 6.42 Å². The van der Waals surface area contributed by atoms with E-state index in [0.29, 0.717) is 13.0 Å². The van der Waals surface area contributed by atoms with Gasteiger partial charge < -0.3 is 21.1 Å². The third kappa shape index (κ3) is 8.34. The van der Waals surface area contributed by atoms with Crippen LogP contribution < -0.4 is 11.1 Å². The maximum atomic E-state index is 12.1. The molecule has 1 atom stereocenters. The highest BCUT2D eigenvalue weighted by Gasteiger charge is 2.20. The van der Waals surface area contributed by atoms with Crippen molar-refractivity contribution >= 4 is 17.9 Å². The number of hydrogen-bond acceptors (Lipinski definition) is 3. The molecule has 0 aliphatic carbocycles. The van der Waals surface area contributed by atoms with Crippen LogP contribution in [0.4, 0.5) is 4.79 Å². The molecule has 0 fully saturated rings. The van der Waals surface area contributed by atoms with E-state index in [1.807, 2.05) is 13.8 Å². The predicted octanol–water partition coefficient (Wildman–Crippen LogP) is 0.927. The molecule has 0 bridgehead atoms. The molecule has 3 amide bonds. The highest BCUT2D eigenvalue weighted by molar-refractivity contribution is 5.83. The Labute approximate surface area is 119 Å². The van der Waals surface area contributed by atoms with E-state index in [4.69, 9.17) is 10.8 Å². The molecule has 0 aromatic heterocycles. The number of carbonyl (C=O) groups excluding carboxylic acids is 2. The summed E-state index contributed by atoms with van der Waals surface area (Å²) in [6.07, 6.45) is 2.87. The second-order valence-electron chi connectivity index (χ2n) is 4.77. The molecule has 0 aromatic rings. The van der Waals surface area contributed by atoms with Crippen LogP contribution in [0.5, 0.6) is 0 Å². The lowest BCUT2D eigenvalue weighted by Crippen LogP contribution is -2.48. The van der Waals surface area contributed by atoms with E-state index in [-0.39, 0.29) is 13.0 Å². The summed E-state index contributed by atoms with van der Waals surface area (Å²) in [5.74, 6) is -1.54. The standard InChI is InChI=1S/C13H25N3O4/c1-3-5-7-16(9-11(14)17)13(20)15-10(6-4-2)8-12(18)19/h10H,3-9H2,1-2H3,(H2,14,17)(H,15,20)(H,18,19). The molecule has 0 aliphatic heterocycles. The van der Waals surface area contributed by atoms with E-state index >= 15 is 0 Å². The van der Waals surface area contributed by atoms with Crippen molar-refractivity contribution in [3.05, 3.63) is 0 Å². The van der Waals surface area contributed by atoms with Gasteiger partial charge in [-0.15, -0.1) is 0 Å². The fourth-order valence-corrected chi connectivity index (χ4v) is 1.84.